The van der Waals surface area contributed by atoms with E-state index in [0.29, 0.717) is 33.4 Å². The molecule has 0 bridgehead atoms. The predicted octanol–water partition coefficient (Wildman–Crippen LogP) is 7.20. The number of Topliss-reactive ketones (excluding diaryl/α,β-unsaturated/α-hetero) is 1. The number of nitrogens with zero attached hydrogens (tertiary/aromatic N) is 4. The second kappa shape index (κ2) is 12.8. The van der Waals surface area contributed by atoms with Crippen molar-refractivity contribution in [2.24, 2.45) is 11.8 Å². The van der Waals surface area contributed by atoms with Crippen LogP contribution in [0, 0.1) is 32.1 Å². The van der Waals surface area contributed by atoms with Gasteiger partial charge in [0.05, 0.1) is 47.0 Å². The van der Waals surface area contributed by atoms with Crippen molar-refractivity contribution in [3.8, 4) is 11.5 Å². The zero-order valence-corrected chi connectivity index (χ0v) is 29.4. The van der Waals surface area contributed by atoms with Crippen molar-refractivity contribution in [3.05, 3.63) is 126 Å². The molecule has 0 spiro atoms. The Morgan fingerprint density at radius 2 is 1.12 bits per heavy atom. The average molecular weight is 723 g/mol. The minimum absolute atomic E-state index is 0.483. The second-order valence-electron chi connectivity index (χ2n) is 12.4. The van der Waals surface area contributed by atoms with E-state index in [1.54, 1.807) is 85.1 Å². The molecule has 2 aliphatic carbocycles. The van der Waals surface area contributed by atoms with Gasteiger partial charge in [-0.05, 0) is 109 Å². The van der Waals surface area contributed by atoms with Gasteiger partial charge in [0.1, 0.15) is 11.5 Å². The number of rotatable bonds is 10. The molecule has 2 aromatic heterocycles. The molecule has 2 aromatic carbocycles. The monoisotopic (exact) mass is 722 g/mol. The molecular weight excluding hydrogens is 691 g/mol. The number of thiophene rings is 2. The highest BCUT2D eigenvalue weighted by atomic mass is 32.1. The van der Waals surface area contributed by atoms with Crippen LogP contribution >= 0.6 is 22.7 Å². The van der Waals surface area contributed by atoms with Gasteiger partial charge in [-0.1, -0.05) is 0 Å². The van der Waals surface area contributed by atoms with Crippen molar-refractivity contribution in [2.45, 2.75) is 11.1 Å². The van der Waals surface area contributed by atoms with Gasteiger partial charge < -0.3 is 9.47 Å². The number of hydrogen-bond acceptors (Lipinski definition) is 11. The quantitative estimate of drug-likeness (QED) is 0.123. The number of benzene rings is 2. The molecule has 0 amide bonds. The summed E-state index contributed by atoms with van der Waals surface area (Å²) >= 11 is 2.64. The Morgan fingerprint density at radius 1 is 0.740 bits per heavy atom. The number of carbonyl (C=O) groups excluding carboxylic acids is 1. The third kappa shape index (κ3) is 5.23. The number of allylic oxidation sites excluding steroid dienone is 2. The van der Waals surface area contributed by atoms with Crippen LogP contribution in [0.1, 0.15) is 11.1 Å². The SMILES string of the molecule is COc1ccc2c(C3(N(C)C)C=C([N+](=O)[O-])C(F)=CC3C(=O)C3C=C(F)C([N+](=O)[O-])=CC3(c3csc4cc(OC)ccc34)N(C)C)csc2c1. The van der Waals surface area contributed by atoms with Crippen LogP contribution in [0.5, 0.6) is 11.5 Å². The third-order valence-electron chi connectivity index (χ3n) is 9.69. The van der Waals surface area contributed by atoms with Crippen LogP contribution in [0.3, 0.4) is 0 Å². The van der Waals surface area contributed by atoms with E-state index < -0.39 is 61.6 Å². The third-order valence-corrected chi connectivity index (χ3v) is 11.6. The number of nitro groups is 2. The Balaban J connectivity index is 1.64. The number of ketones is 1. The lowest BCUT2D eigenvalue weighted by atomic mass is 9.63. The number of methoxy groups -OCH3 is 2. The first-order valence-corrected chi connectivity index (χ1v) is 17.0. The molecule has 4 atom stereocenters. The molecule has 4 unspecified atom stereocenters. The van der Waals surface area contributed by atoms with E-state index in [2.05, 4.69) is 0 Å². The summed E-state index contributed by atoms with van der Waals surface area (Å²) in [5.41, 5.74) is -3.99. The largest absolute Gasteiger partial charge is 0.497 e. The first-order valence-electron chi connectivity index (χ1n) is 15.2. The molecular formula is C35H32F2N4O7S2. The lowest BCUT2D eigenvalue weighted by Gasteiger charge is -2.48. The summed E-state index contributed by atoms with van der Waals surface area (Å²) in [7, 11) is 9.54. The van der Waals surface area contributed by atoms with Gasteiger partial charge in [-0.25, -0.2) is 0 Å². The molecule has 0 radical (unpaired) electrons. The molecule has 0 aliphatic heterocycles. The van der Waals surface area contributed by atoms with Crippen LogP contribution in [0.25, 0.3) is 20.2 Å². The summed E-state index contributed by atoms with van der Waals surface area (Å²) in [4.78, 5) is 41.4. The van der Waals surface area contributed by atoms with Gasteiger partial charge >= 0.3 is 11.4 Å². The molecule has 2 heterocycles. The first-order chi connectivity index (χ1) is 23.7. The molecule has 260 valence electrons. The Labute approximate surface area is 293 Å². The molecule has 0 saturated carbocycles. The standard InChI is InChI=1S/C35H32F2N4O7S2/c1-38(2)34(25-17-49-31-11-19(47-5)7-9-21(25)31)15-29(40(43)44)27(36)13-23(34)33(42)24-14-28(37)30(41(45)46)16-35(24,39(3)4)26-18-50-32-12-20(48-6)8-10-22(26)32/h7-18,23-24H,1-6H3. The fraction of sp³-hybridized carbons (Fsp3) is 0.286. The molecule has 15 heteroatoms. The average Bonchev–Trinajstić information content (AvgIpc) is 3.71. The van der Waals surface area contributed by atoms with Gasteiger partial charge in [-0.3, -0.25) is 34.8 Å². The Morgan fingerprint density at radius 3 is 1.44 bits per heavy atom. The molecule has 6 rings (SSSR count). The Hall–Kier alpha value is -4.83. The number of halogens is 2. The van der Waals surface area contributed by atoms with Crippen molar-refractivity contribution < 1.29 is 32.9 Å². The number of hydrogen-bond donors (Lipinski definition) is 0. The van der Waals surface area contributed by atoms with Gasteiger partial charge in [-0.2, -0.15) is 8.78 Å². The summed E-state index contributed by atoms with van der Waals surface area (Å²) in [6, 6.07) is 10.5. The van der Waals surface area contributed by atoms with Crippen LogP contribution in [0.15, 0.2) is 94.5 Å². The van der Waals surface area contributed by atoms with E-state index in [4.69, 9.17) is 9.47 Å². The number of fused-ring (bicyclic) bond motifs is 2. The molecule has 2 aliphatic rings. The normalized spacial score (nSPS) is 23.8. The van der Waals surface area contributed by atoms with Crippen LogP contribution in [0.2, 0.25) is 0 Å². The van der Waals surface area contributed by atoms with Crippen molar-refractivity contribution >= 4 is 48.6 Å². The van der Waals surface area contributed by atoms with E-state index in [0.717, 1.165) is 33.7 Å². The van der Waals surface area contributed by atoms with Crippen molar-refractivity contribution in [3.63, 3.8) is 0 Å². The summed E-state index contributed by atoms with van der Waals surface area (Å²) in [5, 5.41) is 29.3. The minimum atomic E-state index is -1.65. The minimum Gasteiger partial charge on any atom is -0.497 e. The highest BCUT2D eigenvalue weighted by Crippen LogP contribution is 2.53. The van der Waals surface area contributed by atoms with E-state index >= 15 is 13.6 Å². The highest BCUT2D eigenvalue weighted by molar-refractivity contribution is 7.17. The second-order valence-corrected chi connectivity index (χ2v) is 14.2. The fourth-order valence-corrected chi connectivity index (χ4v) is 9.30. The fourth-order valence-electron chi connectivity index (χ4n) is 7.20. The number of ether oxygens (including phenoxy) is 2. The lowest BCUT2D eigenvalue weighted by molar-refractivity contribution is -0.424. The van der Waals surface area contributed by atoms with Crippen LogP contribution in [0.4, 0.5) is 8.78 Å². The molecule has 50 heavy (non-hydrogen) atoms. The van der Waals surface area contributed by atoms with Crippen LogP contribution < -0.4 is 9.47 Å². The maximum Gasteiger partial charge on any atom is 0.302 e. The molecule has 4 aromatic rings. The Kier molecular flexibility index (Phi) is 8.97. The number of carbonyl (C=O) groups is 1. The van der Waals surface area contributed by atoms with Crippen molar-refractivity contribution in [1.29, 1.82) is 0 Å². The molecule has 0 saturated heterocycles. The lowest BCUT2D eigenvalue weighted by Crippen LogP contribution is -2.56. The highest BCUT2D eigenvalue weighted by Gasteiger charge is 2.57. The first kappa shape index (κ1) is 35.0. The smallest absolute Gasteiger partial charge is 0.302 e. The predicted molar refractivity (Wildman–Crippen MR) is 188 cm³/mol. The molecule has 0 fully saturated rings. The van der Waals surface area contributed by atoms with Crippen LogP contribution in [-0.2, 0) is 15.9 Å². The topological polar surface area (TPSA) is 128 Å². The summed E-state index contributed by atoms with van der Waals surface area (Å²) in [6.45, 7) is 0. The van der Waals surface area contributed by atoms with Gasteiger partial charge in [0.25, 0.3) is 0 Å². The van der Waals surface area contributed by atoms with E-state index in [-0.39, 0.29) is 0 Å². The summed E-state index contributed by atoms with van der Waals surface area (Å²) < 4.78 is 44.0. The van der Waals surface area contributed by atoms with Gasteiger partial charge in [0, 0.05) is 21.6 Å². The van der Waals surface area contributed by atoms with Crippen molar-refractivity contribution in [2.75, 3.05) is 42.4 Å². The van der Waals surface area contributed by atoms with E-state index in [1.165, 1.54) is 36.9 Å². The maximum atomic E-state index is 15.8. The van der Waals surface area contributed by atoms with E-state index in [9.17, 15) is 20.2 Å². The van der Waals surface area contributed by atoms with Gasteiger partial charge in [-0.15, -0.1) is 22.7 Å². The van der Waals surface area contributed by atoms with Gasteiger partial charge in [0.15, 0.2) is 17.4 Å². The van der Waals surface area contributed by atoms with E-state index in [1.807, 2.05) is 0 Å². The zero-order valence-electron chi connectivity index (χ0n) is 27.8. The Bertz CT molecular complexity index is 2050. The zero-order chi connectivity index (χ0) is 36.3. The summed E-state index contributed by atoms with van der Waals surface area (Å²) in [5.74, 6) is -4.96. The number of likely N-dealkylation sites (N-methyl/N-ethyl adjacent to an activating group) is 2. The maximum absolute atomic E-state index is 15.8. The van der Waals surface area contributed by atoms with Crippen LogP contribution in [-0.4, -0.2) is 67.8 Å². The molecule has 0 N–H and O–H groups in total. The van der Waals surface area contributed by atoms with Crippen molar-refractivity contribution in [1.82, 2.24) is 9.80 Å². The summed E-state index contributed by atoms with van der Waals surface area (Å²) in [6.07, 6.45) is 4.12. The van der Waals surface area contributed by atoms with Gasteiger partial charge in [0.2, 0.25) is 0 Å². The molecule has 11 nitrogen and oxygen atoms in total.